The number of rotatable bonds is 8. The number of hydrogen-bond acceptors (Lipinski definition) is 2. The molecule has 17 heavy (non-hydrogen) atoms. The van der Waals surface area contributed by atoms with Crippen LogP contribution < -0.4 is 10.1 Å². The van der Waals surface area contributed by atoms with E-state index in [0.717, 1.165) is 49.1 Å². The summed E-state index contributed by atoms with van der Waals surface area (Å²) in [5, 5.41) is 2.99. The van der Waals surface area contributed by atoms with Gasteiger partial charge in [0.25, 0.3) is 0 Å². The zero-order valence-electron chi connectivity index (χ0n) is 10.5. The van der Waals surface area contributed by atoms with Crippen LogP contribution in [0.25, 0.3) is 0 Å². The largest absolute Gasteiger partial charge is 0.487 e. The molecule has 0 radical (unpaired) electrons. The molecule has 0 atom stereocenters. The molecule has 0 aromatic heterocycles. The second-order valence-electron chi connectivity index (χ2n) is 3.97. The Labute approximate surface area is 108 Å². The minimum atomic E-state index is 0.718. The van der Waals surface area contributed by atoms with Crippen molar-refractivity contribution in [2.75, 3.05) is 33.4 Å². The molecule has 1 aromatic rings. The van der Waals surface area contributed by atoms with E-state index >= 15 is 0 Å². The summed E-state index contributed by atoms with van der Waals surface area (Å²) in [6, 6.07) is 5.69. The van der Waals surface area contributed by atoms with Crippen molar-refractivity contribution < 1.29 is 14.8 Å². The average Bonchev–Trinajstić information content (AvgIpc) is 2.30. The molecule has 0 unspecified atom stereocenters. The summed E-state index contributed by atoms with van der Waals surface area (Å²) in [5.74, 6) is 0.916. The lowest BCUT2D eigenvalue weighted by Crippen LogP contribution is -2.85. The molecule has 0 aliphatic heterocycles. The molecule has 1 aromatic carbocycles. The van der Waals surface area contributed by atoms with E-state index < -0.39 is 0 Å². The summed E-state index contributed by atoms with van der Waals surface area (Å²) in [5.41, 5.74) is 1.08. The van der Waals surface area contributed by atoms with Gasteiger partial charge in [0.2, 0.25) is 0 Å². The quantitative estimate of drug-likeness (QED) is 0.720. The molecule has 0 aliphatic rings. The number of halogens is 1. The number of aryl methyl sites for hydroxylation is 1. The fraction of sp³-hybridized carbons (Fsp3) is 0.538. The first-order valence-corrected chi connectivity index (χ1v) is 6.31. The van der Waals surface area contributed by atoms with Gasteiger partial charge >= 0.3 is 0 Å². The highest BCUT2D eigenvalue weighted by Crippen LogP contribution is 2.21. The first kappa shape index (κ1) is 14.3. The summed E-state index contributed by atoms with van der Waals surface area (Å²) in [4.78, 5) is 0. The Morgan fingerprint density at radius 3 is 2.76 bits per heavy atom. The van der Waals surface area contributed by atoms with Gasteiger partial charge in [0.15, 0.2) is 0 Å². The van der Waals surface area contributed by atoms with Gasteiger partial charge in [-0.3, -0.25) is 0 Å². The van der Waals surface area contributed by atoms with Crippen LogP contribution in [0.5, 0.6) is 5.75 Å². The molecule has 0 saturated carbocycles. The molecule has 2 N–H and O–H groups in total. The number of benzene rings is 1. The van der Waals surface area contributed by atoms with Crippen molar-refractivity contribution in [3.63, 3.8) is 0 Å². The fourth-order valence-electron chi connectivity index (χ4n) is 1.54. The highest BCUT2D eigenvalue weighted by atomic mass is 35.5. The van der Waals surface area contributed by atoms with Crippen LogP contribution in [-0.2, 0) is 4.74 Å². The standard InChI is InChI=1S/C13H20ClNO2/c1-11-10-12(14)4-5-13(11)17-9-7-15-6-3-8-16-2/h4-5,10,15H,3,6-9H2,1-2H3/p+1. The van der Waals surface area contributed by atoms with Gasteiger partial charge in [0, 0.05) is 18.6 Å². The number of hydrogen-bond donors (Lipinski definition) is 1. The Kier molecular flexibility index (Phi) is 7.01. The van der Waals surface area contributed by atoms with Crippen molar-refractivity contribution in [3.8, 4) is 5.75 Å². The molecule has 0 bridgehead atoms. The van der Waals surface area contributed by atoms with Gasteiger partial charge in [0.05, 0.1) is 13.2 Å². The Bertz CT molecular complexity index is 331. The van der Waals surface area contributed by atoms with Gasteiger partial charge in [-0.1, -0.05) is 11.6 Å². The van der Waals surface area contributed by atoms with Crippen LogP contribution in [-0.4, -0.2) is 33.4 Å². The summed E-state index contributed by atoms with van der Waals surface area (Å²) in [6.45, 7) is 5.59. The molecule has 0 heterocycles. The summed E-state index contributed by atoms with van der Waals surface area (Å²) in [6.07, 6.45) is 1.08. The maximum absolute atomic E-state index is 5.88. The third-order valence-corrected chi connectivity index (χ3v) is 2.71. The minimum Gasteiger partial charge on any atom is -0.487 e. The van der Waals surface area contributed by atoms with Crippen molar-refractivity contribution in [1.82, 2.24) is 0 Å². The van der Waals surface area contributed by atoms with Gasteiger partial charge in [-0.15, -0.1) is 0 Å². The lowest BCUT2D eigenvalue weighted by atomic mass is 10.2. The van der Waals surface area contributed by atoms with Crippen molar-refractivity contribution in [2.45, 2.75) is 13.3 Å². The molecular weight excluding hydrogens is 238 g/mol. The number of ether oxygens (including phenoxy) is 2. The predicted octanol–water partition coefficient (Wildman–Crippen LogP) is 1.63. The normalized spacial score (nSPS) is 10.5. The van der Waals surface area contributed by atoms with Crippen LogP contribution in [0.3, 0.4) is 0 Å². The molecule has 96 valence electrons. The van der Waals surface area contributed by atoms with E-state index in [1.165, 1.54) is 0 Å². The number of nitrogens with two attached hydrogens (primary N) is 1. The van der Waals surface area contributed by atoms with Crippen LogP contribution >= 0.6 is 11.6 Å². The third-order valence-electron chi connectivity index (χ3n) is 2.47. The molecule has 0 saturated heterocycles. The average molecular weight is 259 g/mol. The topological polar surface area (TPSA) is 35.1 Å². The van der Waals surface area contributed by atoms with E-state index in [-0.39, 0.29) is 0 Å². The molecule has 4 heteroatoms. The van der Waals surface area contributed by atoms with Crippen LogP contribution in [0.2, 0.25) is 5.02 Å². The SMILES string of the molecule is COCCC[NH2+]CCOc1ccc(Cl)cc1C. The first-order chi connectivity index (χ1) is 8.24. The maximum atomic E-state index is 5.88. The highest BCUT2D eigenvalue weighted by molar-refractivity contribution is 6.30. The summed E-state index contributed by atoms with van der Waals surface area (Å²) in [7, 11) is 1.73. The van der Waals surface area contributed by atoms with Crippen molar-refractivity contribution in [2.24, 2.45) is 0 Å². The fourth-order valence-corrected chi connectivity index (χ4v) is 1.77. The van der Waals surface area contributed by atoms with E-state index in [9.17, 15) is 0 Å². The molecule has 0 fully saturated rings. The van der Waals surface area contributed by atoms with E-state index in [1.54, 1.807) is 7.11 Å². The Morgan fingerprint density at radius 2 is 2.06 bits per heavy atom. The number of methoxy groups -OCH3 is 1. The first-order valence-electron chi connectivity index (χ1n) is 5.93. The van der Waals surface area contributed by atoms with Crippen LogP contribution in [0.15, 0.2) is 18.2 Å². The lowest BCUT2D eigenvalue weighted by molar-refractivity contribution is -0.655. The Morgan fingerprint density at radius 1 is 1.24 bits per heavy atom. The zero-order chi connectivity index (χ0) is 12.5. The zero-order valence-corrected chi connectivity index (χ0v) is 11.3. The second kappa shape index (κ2) is 8.34. The van der Waals surface area contributed by atoms with Crippen LogP contribution in [0.4, 0.5) is 0 Å². The van der Waals surface area contributed by atoms with Crippen LogP contribution in [0, 0.1) is 6.92 Å². The monoisotopic (exact) mass is 258 g/mol. The molecule has 0 aliphatic carbocycles. The maximum Gasteiger partial charge on any atom is 0.137 e. The molecular formula is C13H21ClNO2+. The van der Waals surface area contributed by atoms with Gasteiger partial charge in [-0.05, 0) is 30.7 Å². The van der Waals surface area contributed by atoms with Gasteiger partial charge < -0.3 is 14.8 Å². The smallest absolute Gasteiger partial charge is 0.137 e. The second-order valence-corrected chi connectivity index (χ2v) is 4.41. The Hall–Kier alpha value is -0.770. The predicted molar refractivity (Wildman–Crippen MR) is 69.8 cm³/mol. The Balaban J connectivity index is 2.14. The van der Waals surface area contributed by atoms with Gasteiger partial charge in [0.1, 0.15) is 18.9 Å². The van der Waals surface area contributed by atoms with E-state index in [4.69, 9.17) is 21.1 Å². The highest BCUT2D eigenvalue weighted by Gasteiger charge is 2.00. The summed E-state index contributed by atoms with van der Waals surface area (Å²) >= 11 is 5.88. The summed E-state index contributed by atoms with van der Waals surface area (Å²) < 4.78 is 10.7. The van der Waals surface area contributed by atoms with Gasteiger partial charge in [-0.25, -0.2) is 0 Å². The van der Waals surface area contributed by atoms with E-state index in [0.29, 0.717) is 0 Å². The van der Waals surface area contributed by atoms with E-state index in [2.05, 4.69) is 5.32 Å². The van der Waals surface area contributed by atoms with Crippen molar-refractivity contribution >= 4 is 11.6 Å². The molecule has 0 spiro atoms. The van der Waals surface area contributed by atoms with Crippen molar-refractivity contribution in [1.29, 1.82) is 0 Å². The lowest BCUT2D eigenvalue weighted by Gasteiger charge is -2.08. The number of quaternary nitrogens is 1. The van der Waals surface area contributed by atoms with E-state index in [1.807, 2.05) is 25.1 Å². The van der Waals surface area contributed by atoms with Gasteiger partial charge in [-0.2, -0.15) is 0 Å². The molecule has 1 rings (SSSR count). The van der Waals surface area contributed by atoms with Crippen LogP contribution in [0.1, 0.15) is 12.0 Å². The molecule has 0 amide bonds. The van der Waals surface area contributed by atoms with Crippen molar-refractivity contribution in [3.05, 3.63) is 28.8 Å². The third kappa shape index (κ3) is 5.91. The minimum absolute atomic E-state index is 0.718. The molecule has 3 nitrogen and oxygen atoms in total.